The molecule has 4 nitrogen and oxygen atoms in total. The Morgan fingerprint density at radius 2 is 2.24 bits per heavy atom. The number of rotatable bonds is 1. The van der Waals surface area contributed by atoms with Crippen molar-refractivity contribution in [3.63, 3.8) is 0 Å². The fraction of sp³-hybridized carbons (Fsp3) is 0.231. The summed E-state index contributed by atoms with van der Waals surface area (Å²) < 4.78 is 0. The van der Waals surface area contributed by atoms with E-state index in [1.807, 2.05) is 30.5 Å². The van der Waals surface area contributed by atoms with Crippen LogP contribution < -0.4 is 10.2 Å². The Hall–Kier alpha value is -2.10. The van der Waals surface area contributed by atoms with E-state index in [9.17, 15) is 4.79 Å². The maximum absolute atomic E-state index is 11.8. The zero-order valence-corrected chi connectivity index (χ0v) is 9.39. The monoisotopic (exact) mass is 227 g/mol. The first-order chi connectivity index (χ1) is 8.36. The van der Waals surface area contributed by atoms with Crippen molar-refractivity contribution in [3.8, 4) is 0 Å². The summed E-state index contributed by atoms with van der Waals surface area (Å²) in [4.78, 5) is 17.8. The predicted octanol–water partition coefficient (Wildman–Crippen LogP) is 2.15. The molecule has 2 amide bonds. The summed E-state index contributed by atoms with van der Waals surface area (Å²) >= 11 is 0. The van der Waals surface area contributed by atoms with Gasteiger partial charge in [-0.2, -0.15) is 0 Å². The third kappa shape index (κ3) is 1.71. The number of fused-ring (bicyclic) bond motifs is 1. The Kier molecular flexibility index (Phi) is 2.40. The van der Waals surface area contributed by atoms with Crippen molar-refractivity contribution in [1.82, 2.24) is 10.3 Å². The van der Waals surface area contributed by atoms with Gasteiger partial charge in [0, 0.05) is 30.9 Å². The van der Waals surface area contributed by atoms with Crippen LogP contribution in [0.1, 0.15) is 6.42 Å². The zero-order valence-electron chi connectivity index (χ0n) is 9.39. The largest absolute Gasteiger partial charge is 0.338 e. The van der Waals surface area contributed by atoms with E-state index >= 15 is 0 Å². The molecule has 1 fully saturated rings. The fourth-order valence-corrected chi connectivity index (χ4v) is 2.19. The third-order valence-electron chi connectivity index (χ3n) is 3.03. The van der Waals surface area contributed by atoms with E-state index in [2.05, 4.69) is 10.3 Å². The topological polar surface area (TPSA) is 45.2 Å². The number of pyridine rings is 1. The lowest BCUT2D eigenvalue weighted by atomic mass is 10.1. The molecule has 1 saturated heterocycles. The average Bonchev–Trinajstić information content (AvgIpc) is 2.39. The summed E-state index contributed by atoms with van der Waals surface area (Å²) in [6.45, 7) is 1.53. The number of hydrogen-bond acceptors (Lipinski definition) is 2. The lowest BCUT2D eigenvalue weighted by molar-refractivity contribution is 0.243. The molecule has 17 heavy (non-hydrogen) atoms. The highest BCUT2D eigenvalue weighted by atomic mass is 16.2. The van der Waals surface area contributed by atoms with E-state index in [1.165, 1.54) is 0 Å². The van der Waals surface area contributed by atoms with Crippen molar-refractivity contribution in [3.05, 3.63) is 36.7 Å². The summed E-state index contributed by atoms with van der Waals surface area (Å²) in [5.74, 6) is 0. The van der Waals surface area contributed by atoms with Crippen LogP contribution in [0.25, 0.3) is 10.8 Å². The van der Waals surface area contributed by atoms with Crippen LogP contribution in [0.15, 0.2) is 36.7 Å². The normalized spacial score (nSPS) is 16.0. The smallest absolute Gasteiger partial charge is 0.321 e. The van der Waals surface area contributed by atoms with Crippen LogP contribution in [-0.4, -0.2) is 24.1 Å². The van der Waals surface area contributed by atoms with Crippen molar-refractivity contribution in [1.29, 1.82) is 0 Å². The van der Waals surface area contributed by atoms with Gasteiger partial charge in [0.15, 0.2) is 0 Å². The van der Waals surface area contributed by atoms with Gasteiger partial charge >= 0.3 is 6.03 Å². The summed E-state index contributed by atoms with van der Waals surface area (Å²) in [6, 6.07) is 7.91. The Bertz CT molecular complexity index is 562. The molecule has 0 atom stereocenters. The van der Waals surface area contributed by atoms with Crippen LogP contribution in [0.2, 0.25) is 0 Å². The molecular weight excluding hydrogens is 214 g/mol. The van der Waals surface area contributed by atoms with E-state index < -0.39 is 0 Å². The molecule has 3 rings (SSSR count). The van der Waals surface area contributed by atoms with Gasteiger partial charge < -0.3 is 5.32 Å². The van der Waals surface area contributed by atoms with Crippen molar-refractivity contribution < 1.29 is 4.79 Å². The van der Waals surface area contributed by atoms with Gasteiger partial charge in [-0.25, -0.2) is 4.79 Å². The predicted molar refractivity (Wildman–Crippen MR) is 67.1 cm³/mol. The average molecular weight is 227 g/mol. The molecule has 0 saturated carbocycles. The van der Waals surface area contributed by atoms with Crippen molar-refractivity contribution in [2.24, 2.45) is 0 Å². The maximum atomic E-state index is 11.8. The van der Waals surface area contributed by atoms with E-state index in [1.54, 1.807) is 11.1 Å². The molecule has 86 valence electrons. The second-order valence-corrected chi connectivity index (χ2v) is 4.11. The number of nitrogens with zero attached hydrogens (tertiary/aromatic N) is 2. The molecule has 1 aromatic carbocycles. The molecule has 0 aliphatic carbocycles. The lowest BCUT2D eigenvalue weighted by Gasteiger charge is -2.28. The first-order valence-corrected chi connectivity index (χ1v) is 5.74. The van der Waals surface area contributed by atoms with Crippen LogP contribution in [-0.2, 0) is 0 Å². The number of amides is 2. The van der Waals surface area contributed by atoms with Gasteiger partial charge in [0.2, 0.25) is 0 Å². The first-order valence-electron chi connectivity index (χ1n) is 5.74. The third-order valence-corrected chi connectivity index (χ3v) is 3.03. The summed E-state index contributed by atoms with van der Waals surface area (Å²) in [7, 11) is 0. The number of nitrogens with one attached hydrogen (secondary N) is 1. The van der Waals surface area contributed by atoms with Gasteiger partial charge in [-0.3, -0.25) is 9.88 Å². The maximum Gasteiger partial charge on any atom is 0.321 e. The molecule has 0 radical (unpaired) electrons. The first kappa shape index (κ1) is 10.1. The minimum atomic E-state index is -0.0207. The van der Waals surface area contributed by atoms with Gasteiger partial charge in [-0.1, -0.05) is 12.1 Å². The lowest BCUT2D eigenvalue weighted by Crippen LogP contribution is -2.46. The van der Waals surface area contributed by atoms with Crippen LogP contribution >= 0.6 is 0 Å². The second kappa shape index (κ2) is 4.05. The van der Waals surface area contributed by atoms with Crippen LogP contribution in [0, 0.1) is 0 Å². The summed E-state index contributed by atoms with van der Waals surface area (Å²) in [5, 5.41) is 4.99. The number of aromatic nitrogens is 1. The van der Waals surface area contributed by atoms with Gasteiger partial charge in [0.1, 0.15) is 0 Å². The molecule has 1 N–H and O–H groups in total. The highest BCUT2D eigenvalue weighted by Gasteiger charge is 2.20. The number of hydrogen-bond donors (Lipinski definition) is 1. The molecule has 0 spiro atoms. The highest BCUT2D eigenvalue weighted by molar-refractivity contribution is 6.03. The number of urea groups is 1. The zero-order chi connectivity index (χ0) is 11.7. The molecule has 2 aromatic rings. The molecule has 1 aromatic heterocycles. The van der Waals surface area contributed by atoms with Crippen molar-refractivity contribution in [2.45, 2.75) is 6.42 Å². The second-order valence-electron chi connectivity index (χ2n) is 4.11. The Balaban J connectivity index is 2.13. The van der Waals surface area contributed by atoms with Crippen LogP contribution in [0.3, 0.4) is 0 Å². The molecule has 0 bridgehead atoms. The van der Waals surface area contributed by atoms with E-state index in [4.69, 9.17) is 0 Å². The van der Waals surface area contributed by atoms with E-state index in [-0.39, 0.29) is 6.03 Å². The molecule has 0 unspecified atom stereocenters. The number of carbonyl (C=O) groups excluding carboxylic acids is 1. The SMILES string of the molecule is O=C1NCCCN1c1cccc2ccncc12. The summed E-state index contributed by atoms with van der Waals surface area (Å²) in [6.07, 6.45) is 4.55. The number of benzene rings is 1. The number of anilines is 1. The Morgan fingerprint density at radius 1 is 1.29 bits per heavy atom. The van der Waals surface area contributed by atoms with E-state index in [0.29, 0.717) is 0 Å². The highest BCUT2D eigenvalue weighted by Crippen LogP contribution is 2.26. The van der Waals surface area contributed by atoms with Gasteiger partial charge in [-0.15, -0.1) is 0 Å². The van der Waals surface area contributed by atoms with Gasteiger partial charge in [0.05, 0.1) is 5.69 Å². The molecule has 1 aliphatic heterocycles. The van der Waals surface area contributed by atoms with Crippen molar-refractivity contribution >= 4 is 22.5 Å². The van der Waals surface area contributed by atoms with Gasteiger partial charge in [0.25, 0.3) is 0 Å². The molecule has 2 heterocycles. The minimum Gasteiger partial charge on any atom is -0.338 e. The standard InChI is InChI=1S/C13H13N3O/c17-13-15-6-2-8-16(13)12-4-1-3-10-5-7-14-9-11(10)12/h1,3-5,7,9H,2,6,8H2,(H,15,17). The fourth-order valence-electron chi connectivity index (χ4n) is 2.19. The Labute approximate surface area is 99.3 Å². The number of carbonyl (C=O) groups is 1. The van der Waals surface area contributed by atoms with Crippen LogP contribution in [0.4, 0.5) is 10.5 Å². The quantitative estimate of drug-likeness (QED) is 0.811. The van der Waals surface area contributed by atoms with Crippen LogP contribution in [0.5, 0.6) is 0 Å². The van der Waals surface area contributed by atoms with Crippen molar-refractivity contribution in [2.75, 3.05) is 18.0 Å². The molecular formula is C13H13N3O. The molecule has 1 aliphatic rings. The summed E-state index contributed by atoms with van der Waals surface area (Å²) in [5.41, 5.74) is 0.938. The van der Waals surface area contributed by atoms with Gasteiger partial charge in [-0.05, 0) is 23.9 Å². The Morgan fingerprint density at radius 3 is 3.12 bits per heavy atom. The van der Waals surface area contributed by atoms with E-state index in [0.717, 1.165) is 36.0 Å². The molecule has 4 heteroatoms. The minimum absolute atomic E-state index is 0.0207.